The number of amides is 3. The third-order valence-electron chi connectivity index (χ3n) is 3.21. The van der Waals surface area contributed by atoms with Gasteiger partial charge in [0.05, 0.1) is 17.0 Å². The fourth-order valence-electron chi connectivity index (χ4n) is 2.01. The normalized spacial score (nSPS) is 10.2. The lowest BCUT2D eigenvalue weighted by atomic mass is 10.2. The second-order valence-electron chi connectivity index (χ2n) is 5.12. The monoisotopic (exact) mass is 386 g/mol. The molecule has 132 valence electrons. The van der Waals surface area contributed by atoms with Crippen molar-refractivity contribution in [1.82, 2.24) is 15.8 Å². The minimum atomic E-state index is -0.407. The molecule has 0 radical (unpaired) electrons. The Kier molecular flexibility index (Phi) is 5.72. The molecule has 0 aliphatic carbocycles. The van der Waals surface area contributed by atoms with E-state index in [-0.39, 0.29) is 12.3 Å². The second kappa shape index (κ2) is 8.37. The molecule has 0 fully saturated rings. The van der Waals surface area contributed by atoms with E-state index in [9.17, 15) is 14.4 Å². The number of benzene rings is 1. The molecule has 0 aliphatic rings. The van der Waals surface area contributed by atoms with E-state index in [0.717, 1.165) is 0 Å². The van der Waals surface area contributed by atoms with Gasteiger partial charge in [0, 0.05) is 10.9 Å². The summed E-state index contributed by atoms with van der Waals surface area (Å²) in [6.07, 6.45) is -0.0135. The molecule has 1 aromatic carbocycles. The topological polar surface area (TPSA) is 100 Å². The van der Waals surface area contributed by atoms with Crippen molar-refractivity contribution in [2.45, 2.75) is 6.42 Å². The van der Waals surface area contributed by atoms with Crippen molar-refractivity contribution in [1.29, 1.82) is 0 Å². The molecular formula is C17H14N4O3S2. The highest BCUT2D eigenvalue weighted by Crippen LogP contribution is 2.18. The average molecular weight is 386 g/mol. The Morgan fingerprint density at radius 3 is 2.46 bits per heavy atom. The van der Waals surface area contributed by atoms with Crippen LogP contribution in [0.2, 0.25) is 0 Å². The van der Waals surface area contributed by atoms with Gasteiger partial charge in [-0.15, -0.1) is 22.7 Å². The summed E-state index contributed by atoms with van der Waals surface area (Å²) in [5.41, 5.74) is 5.63. The standard InChI is InChI=1S/C17H14N4O3S2/c22-14(20-21-15(23)11-5-2-1-3-6-11)9-12-10-26-17(18-12)19-16(24)13-7-4-8-25-13/h1-8,10H,9H2,(H,20,22)(H,21,23)(H,18,19,24). The largest absolute Gasteiger partial charge is 0.297 e. The van der Waals surface area contributed by atoms with Crippen LogP contribution < -0.4 is 16.2 Å². The van der Waals surface area contributed by atoms with Gasteiger partial charge < -0.3 is 0 Å². The molecule has 0 saturated carbocycles. The highest BCUT2D eigenvalue weighted by Gasteiger charge is 2.12. The van der Waals surface area contributed by atoms with E-state index < -0.39 is 11.8 Å². The molecule has 0 spiro atoms. The Hall–Kier alpha value is -3.04. The molecule has 3 N–H and O–H groups in total. The molecule has 3 aromatic rings. The summed E-state index contributed by atoms with van der Waals surface area (Å²) in [6, 6.07) is 12.1. The van der Waals surface area contributed by atoms with Crippen molar-refractivity contribution in [3.63, 3.8) is 0 Å². The summed E-state index contributed by atoms with van der Waals surface area (Å²) in [7, 11) is 0. The lowest BCUT2D eigenvalue weighted by Gasteiger charge is -2.06. The van der Waals surface area contributed by atoms with Crippen LogP contribution in [-0.2, 0) is 11.2 Å². The summed E-state index contributed by atoms with van der Waals surface area (Å²) in [4.78, 5) is 40.5. The first kappa shape index (κ1) is 17.8. The van der Waals surface area contributed by atoms with Gasteiger partial charge in [0.15, 0.2) is 5.13 Å². The molecule has 3 amide bonds. The van der Waals surface area contributed by atoms with Crippen LogP contribution in [0.4, 0.5) is 5.13 Å². The summed E-state index contributed by atoms with van der Waals surface area (Å²) in [6.45, 7) is 0. The van der Waals surface area contributed by atoms with Crippen LogP contribution in [0.5, 0.6) is 0 Å². The maximum atomic E-state index is 12.0. The molecule has 7 nitrogen and oxygen atoms in total. The zero-order valence-electron chi connectivity index (χ0n) is 13.4. The van der Waals surface area contributed by atoms with Gasteiger partial charge in [-0.2, -0.15) is 0 Å². The first-order valence-corrected chi connectivity index (χ1v) is 9.31. The first-order chi connectivity index (χ1) is 12.6. The Morgan fingerprint density at radius 1 is 0.923 bits per heavy atom. The van der Waals surface area contributed by atoms with E-state index in [1.54, 1.807) is 47.8 Å². The Morgan fingerprint density at radius 2 is 1.73 bits per heavy atom. The number of aromatic nitrogens is 1. The van der Waals surface area contributed by atoms with E-state index >= 15 is 0 Å². The van der Waals surface area contributed by atoms with E-state index in [1.807, 2.05) is 5.38 Å². The van der Waals surface area contributed by atoms with Crippen molar-refractivity contribution in [3.8, 4) is 0 Å². The molecule has 0 atom stereocenters. The maximum absolute atomic E-state index is 12.0. The number of nitrogens with zero attached hydrogens (tertiary/aromatic N) is 1. The van der Waals surface area contributed by atoms with Crippen LogP contribution in [0.25, 0.3) is 0 Å². The lowest BCUT2D eigenvalue weighted by molar-refractivity contribution is -0.121. The number of anilines is 1. The van der Waals surface area contributed by atoms with Gasteiger partial charge >= 0.3 is 0 Å². The van der Waals surface area contributed by atoms with E-state index in [1.165, 1.54) is 22.7 Å². The minimum absolute atomic E-state index is 0.0135. The highest BCUT2D eigenvalue weighted by atomic mass is 32.1. The molecular weight excluding hydrogens is 372 g/mol. The number of nitrogens with one attached hydrogen (secondary N) is 3. The fraction of sp³-hybridized carbons (Fsp3) is 0.0588. The first-order valence-electron chi connectivity index (χ1n) is 7.55. The molecule has 3 rings (SSSR count). The van der Waals surface area contributed by atoms with Crippen molar-refractivity contribution < 1.29 is 14.4 Å². The van der Waals surface area contributed by atoms with Gasteiger partial charge in [0.2, 0.25) is 5.91 Å². The van der Waals surface area contributed by atoms with E-state index in [0.29, 0.717) is 21.3 Å². The average Bonchev–Trinajstić information content (AvgIpc) is 3.32. The summed E-state index contributed by atoms with van der Waals surface area (Å²) < 4.78 is 0. The number of hydrogen-bond donors (Lipinski definition) is 3. The number of carbonyl (C=O) groups excluding carboxylic acids is 3. The molecule has 9 heteroatoms. The molecule has 0 saturated heterocycles. The number of hydrazine groups is 1. The molecule has 0 aliphatic heterocycles. The van der Waals surface area contributed by atoms with Gasteiger partial charge in [-0.1, -0.05) is 24.3 Å². The number of hydrogen-bond acceptors (Lipinski definition) is 6. The van der Waals surface area contributed by atoms with Crippen molar-refractivity contribution >= 4 is 45.5 Å². The van der Waals surface area contributed by atoms with E-state index in [4.69, 9.17) is 0 Å². The van der Waals surface area contributed by atoms with Gasteiger partial charge in [0.1, 0.15) is 0 Å². The lowest BCUT2D eigenvalue weighted by Crippen LogP contribution is -2.42. The van der Waals surface area contributed by atoms with Crippen molar-refractivity contribution in [3.05, 3.63) is 69.4 Å². The van der Waals surface area contributed by atoms with Gasteiger partial charge in [-0.3, -0.25) is 30.6 Å². The zero-order valence-corrected chi connectivity index (χ0v) is 15.0. The number of carbonyl (C=O) groups is 3. The van der Waals surface area contributed by atoms with Crippen molar-refractivity contribution in [2.24, 2.45) is 0 Å². The van der Waals surface area contributed by atoms with Crippen LogP contribution in [-0.4, -0.2) is 22.7 Å². The van der Waals surface area contributed by atoms with Gasteiger partial charge in [0.25, 0.3) is 11.8 Å². The van der Waals surface area contributed by atoms with Crippen LogP contribution in [0.3, 0.4) is 0 Å². The van der Waals surface area contributed by atoms with Crippen LogP contribution in [0.15, 0.2) is 53.2 Å². The van der Waals surface area contributed by atoms with E-state index in [2.05, 4.69) is 21.2 Å². The molecule has 0 bridgehead atoms. The van der Waals surface area contributed by atoms with Gasteiger partial charge in [-0.05, 0) is 23.6 Å². The van der Waals surface area contributed by atoms with Crippen LogP contribution >= 0.6 is 22.7 Å². The predicted octanol–water partition coefficient (Wildman–Crippen LogP) is 2.46. The maximum Gasteiger partial charge on any atom is 0.269 e. The third-order valence-corrected chi connectivity index (χ3v) is 4.89. The quantitative estimate of drug-likeness (QED) is 0.587. The number of thiophene rings is 1. The fourth-order valence-corrected chi connectivity index (χ4v) is 3.33. The highest BCUT2D eigenvalue weighted by molar-refractivity contribution is 7.14. The smallest absolute Gasteiger partial charge is 0.269 e. The Bertz CT molecular complexity index is 907. The van der Waals surface area contributed by atoms with Crippen molar-refractivity contribution in [2.75, 3.05) is 5.32 Å². The molecule has 2 aromatic heterocycles. The Labute approximate surface area is 157 Å². The second-order valence-corrected chi connectivity index (χ2v) is 6.93. The minimum Gasteiger partial charge on any atom is -0.297 e. The van der Waals surface area contributed by atoms with Crippen LogP contribution in [0.1, 0.15) is 25.7 Å². The molecule has 2 heterocycles. The molecule has 0 unspecified atom stereocenters. The zero-order chi connectivity index (χ0) is 18.4. The SMILES string of the molecule is O=C(Cc1csc(NC(=O)c2cccs2)n1)NNC(=O)c1ccccc1. The Balaban J connectivity index is 1.48. The summed E-state index contributed by atoms with van der Waals surface area (Å²) in [5, 5.41) is 6.60. The third kappa shape index (κ3) is 4.74. The number of rotatable bonds is 5. The van der Waals surface area contributed by atoms with Crippen LogP contribution in [0, 0.1) is 0 Å². The molecule has 26 heavy (non-hydrogen) atoms. The predicted molar refractivity (Wildman–Crippen MR) is 100 cm³/mol. The summed E-state index contributed by atoms with van der Waals surface area (Å²) >= 11 is 2.57. The number of thiazole rings is 1. The summed E-state index contributed by atoms with van der Waals surface area (Å²) in [5.74, 6) is -1.04. The van der Waals surface area contributed by atoms with Gasteiger partial charge in [-0.25, -0.2) is 4.98 Å².